The lowest BCUT2D eigenvalue weighted by Crippen LogP contribution is -2.74. The Morgan fingerprint density at radius 2 is 0.388 bits per heavy atom. The van der Waals surface area contributed by atoms with Crippen LogP contribution >= 0.6 is 0 Å². The van der Waals surface area contributed by atoms with Gasteiger partial charge in [-0.05, 0) is 185 Å². The summed E-state index contributed by atoms with van der Waals surface area (Å²) in [5.74, 6) is 0. The lowest BCUT2D eigenvalue weighted by molar-refractivity contribution is 1.24. The molecule has 4 aliphatic rings. The molecule has 564 valence electrons. The van der Waals surface area contributed by atoms with Crippen molar-refractivity contribution in [2.45, 2.75) is 0 Å². The summed E-state index contributed by atoms with van der Waals surface area (Å²) in [5, 5.41) is 0. The Bertz CT molecular complexity index is 6400. The van der Waals surface area contributed by atoms with Crippen molar-refractivity contribution in [2.24, 2.45) is 0 Å². The highest BCUT2D eigenvalue weighted by atomic mass is 15.2. The maximum atomic E-state index is 2.89. The van der Waals surface area contributed by atoms with E-state index in [9.17, 15) is 0 Å². The standard InChI is InChI=1S/C114H77B2N5/c1-9-32-78(33-10-1)82-58-66-90(67-59-82)117(91-68-60-83(61-69-91)79-34-11-2-12-35-79)94-74-102-100-52-31-53-101-103-75-95(118(92-70-62-84(63-71-92)80-36-13-3-14-37-80)93-72-64-85(65-73-93)81-38-15-4-16-39-81)77-109-111(103)116(105-55-26-28-57-107(105)120(109)113-98(88-44-21-7-22-45-88)50-30-51-99(113)89-46-23-8-24-47-89)121(114(100)101)115-104-54-25-27-56-106(104)119(108(76-94)110(102)115)112-96(86-40-17-5-18-41-86)48-29-49-97(112)87-42-19-6-20-43-87/h1-77H. The highest BCUT2D eigenvalue weighted by Crippen LogP contribution is 2.58. The van der Waals surface area contributed by atoms with Gasteiger partial charge in [0.15, 0.2) is 0 Å². The minimum Gasteiger partial charge on any atom is -0.444 e. The van der Waals surface area contributed by atoms with Gasteiger partial charge in [-0.25, -0.2) is 0 Å². The van der Waals surface area contributed by atoms with Crippen molar-refractivity contribution >= 4 is 109 Å². The third-order valence-electron chi connectivity index (χ3n) is 25.0. The van der Waals surface area contributed by atoms with E-state index in [1.165, 1.54) is 60.9 Å². The first-order valence-electron chi connectivity index (χ1n) is 41.8. The molecule has 4 aliphatic heterocycles. The van der Waals surface area contributed by atoms with Gasteiger partial charge in [0.1, 0.15) is 0 Å². The number of benzene rings is 19. The van der Waals surface area contributed by atoms with Crippen LogP contribution in [0.3, 0.4) is 0 Å². The predicted octanol–water partition coefficient (Wildman–Crippen LogP) is 27.9. The fraction of sp³-hybridized carbons (Fsp3) is 0. The summed E-state index contributed by atoms with van der Waals surface area (Å²) in [5.41, 5.74) is 41.9. The summed E-state index contributed by atoms with van der Waals surface area (Å²) >= 11 is 0. The van der Waals surface area contributed by atoms with Crippen molar-refractivity contribution < 1.29 is 0 Å². The zero-order valence-corrected chi connectivity index (χ0v) is 66.3. The molecule has 0 unspecified atom stereocenters. The molecular weight excluding hydrogens is 1460 g/mol. The van der Waals surface area contributed by atoms with Gasteiger partial charge in [0.25, 0.3) is 0 Å². The Balaban J connectivity index is 0.837. The first-order valence-corrected chi connectivity index (χ1v) is 41.8. The summed E-state index contributed by atoms with van der Waals surface area (Å²) < 4.78 is 2.89. The first-order chi connectivity index (χ1) is 60.1. The number of hydrogen-bond acceptors (Lipinski definition) is 5. The van der Waals surface area contributed by atoms with E-state index in [-0.39, 0.29) is 13.7 Å². The topological polar surface area (TPSA) is 16.2 Å². The zero-order chi connectivity index (χ0) is 79.9. The molecule has 4 heterocycles. The fourth-order valence-corrected chi connectivity index (χ4v) is 19.6. The second-order valence-electron chi connectivity index (χ2n) is 31.7. The molecule has 0 aliphatic carbocycles. The molecule has 121 heavy (non-hydrogen) atoms. The number of hydrogen-bond donors (Lipinski definition) is 0. The molecule has 0 atom stereocenters. The second kappa shape index (κ2) is 29.8. The molecule has 0 amide bonds. The van der Waals surface area contributed by atoms with E-state index in [0.29, 0.717) is 0 Å². The van der Waals surface area contributed by atoms with Gasteiger partial charge in [0, 0.05) is 95.9 Å². The molecule has 0 N–H and O–H groups in total. The van der Waals surface area contributed by atoms with Gasteiger partial charge in [0.05, 0.1) is 11.4 Å². The average Bonchev–Trinajstić information content (AvgIpc) is 0.669. The zero-order valence-electron chi connectivity index (χ0n) is 66.3. The lowest BCUT2D eigenvalue weighted by atomic mass is 9.32. The molecule has 19 aromatic rings. The Morgan fingerprint density at radius 3 is 0.661 bits per heavy atom. The van der Waals surface area contributed by atoms with Crippen LogP contribution in [0.25, 0.3) is 111 Å². The molecule has 0 fully saturated rings. The minimum atomic E-state index is -0.350. The minimum absolute atomic E-state index is 0.350. The van der Waals surface area contributed by atoms with Crippen molar-refractivity contribution in [3.8, 4) is 111 Å². The van der Waals surface area contributed by atoms with Gasteiger partial charge in [-0.1, -0.05) is 382 Å². The van der Waals surface area contributed by atoms with Crippen LogP contribution in [0.5, 0.6) is 0 Å². The summed E-state index contributed by atoms with van der Waals surface area (Å²) in [6, 6.07) is 174. The Labute approximate surface area is 707 Å². The molecule has 0 saturated heterocycles. The predicted molar refractivity (Wildman–Crippen MR) is 512 cm³/mol. The molecule has 7 heteroatoms. The Hall–Kier alpha value is -15.7. The molecule has 0 aromatic heterocycles. The van der Waals surface area contributed by atoms with Crippen LogP contribution in [0, 0.1) is 0 Å². The Morgan fingerprint density at radius 1 is 0.157 bits per heavy atom. The second-order valence-corrected chi connectivity index (χ2v) is 31.7. The highest BCUT2D eigenvalue weighted by Gasteiger charge is 2.55. The van der Waals surface area contributed by atoms with E-state index in [0.717, 1.165) is 146 Å². The molecule has 5 nitrogen and oxygen atoms in total. The van der Waals surface area contributed by atoms with Crippen LogP contribution in [0.1, 0.15) is 0 Å². The molecule has 0 bridgehead atoms. The smallest absolute Gasteiger partial charge is 0.316 e. The van der Waals surface area contributed by atoms with Crippen molar-refractivity contribution in [1.82, 2.24) is 0 Å². The van der Waals surface area contributed by atoms with Gasteiger partial charge >= 0.3 is 13.7 Å². The average molecular weight is 1540 g/mol. The molecule has 0 radical (unpaired) electrons. The summed E-state index contributed by atoms with van der Waals surface area (Å²) in [6.07, 6.45) is 0. The normalized spacial score (nSPS) is 12.4. The maximum Gasteiger partial charge on any atom is 0.316 e. The van der Waals surface area contributed by atoms with E-state index in [1.54, 1.807) is 0 Å². The molecule has 0 spiro atoms. The SMILES string of the molecule is c1ccc(-c2ccc(N(c3ccc(-c4ccccc4)cc3)c3cc4c5c(c3)N(c3c(-c6ccccc6)cccc3-c3ccccc3)c3ccccc3B5N3B5c6ccccc6N(c6c(-c7ccccc7)cccc6-c6ccccc6)c6cc(N(c7ccc(-c8ccccc8)cc7)c7ccc(-c8ccccc8)cc7)cc(c65)-c5cccc-4c53)cc2)cc1. The molecule has 0 saturated carbocycles. The maximum absolute atomic E-state index is 2.89. The summed E-state index contributed by atoms with van der Waals surface area (Å²) in [4.78, 5) is 10.3. The number of fused-ring (bicyclic) bond motifs is 8. The van der Waals surface area contributed by atoms with Crippen molar-refractivity contribution in [2.75, 3.05) is 24.3 Å². The number of anilines is 13. The van der Waals surface area contributed by atoms with Gasteiger partial charge in [-0.2, -0.15) is 0 Å². The van der Waals surface area contributed by atoms with Crippen molar-refractivity contribution in [3.63, 3.8) is 0 Å². The third-order valence-corrected chi connectivity index (χ3v) is 25.0. The monoisotopic (exact) mass is 1540 g/mol. The molecule has 23 rings (SSSR count). The summed E-state index contributed by atoms with van der Waals surface area (Å²) in [6.45, 7) is -0.699. The summed E-state index contributed by atoms with van der Waals surface area (Å²) in [7, 11) is 0. The number of rotatable bonds is 16. The first kappa shape index (κ1) is 70.7. The lowest BCUT2D eigenvalue weighted by Gasteiger charge is -2.53. The number of para-hydroxylation sites is 5. The quantitative estimate of drug-likeness (QED) is 0.0894. The van der Waals surface area contributed by atoms with Gasteiger partial charge in [-0.15, -0.1) is 0 Å². The largest absolute Gasteiger partial charge is 0.444 e. The third kappa shape index (κ3) is 12.1. The van der Waals surface area contributed by atoms with Crippen LogP contribution in [0.15, 0.2) is 467 Å². The van der Waals surface area contributed by atoms with E-state index >= 15 is 0 Å². The van der Waals surface area contributed by atoms with Crippen LogP contribution < -0.4 is 46.2 Å². The van der Waals surface area contributed by atoms with Crippen LogP contribution in [-0.2, 0) is 0 Å². The van der Waals surface area contributed by atoms with Crippen molar-refractivity contribution in [3.05, 3.63) is 467 Å². The van der Waals surface area contributed by atoms with Gasteiger partial charge in [-0.3, -0.25) is 0 Å². The highest BCUT2D eigenvalue weighted by molar-refractivity contribution is 7.09. The molecular formula is C114H77B2N5. The Kier molecular flexibility index (Phi) is 17.4. The van der Waals surface area contributed by atoms with Crippen LogP contribution in [0.2, 0.25) is 0 Å². The van der Waals surface area contributed by atoms with E-state index in [2.05, 4.69) is 491 Å². The van der Waals surface area contributed by atoms with Crippen molar-refractivity contribution in [1.29, 1.82) is 0 Å². The number of nitrogens with zero attached hydrogens (tertiary/aromatic N) is 5. The van der Waals surface area contributed by atoms with Gasteiger partial charge < -0.3 is 24.3 Å². The van der Waals surface area contributed by atoms with Crippen LogP contribution in [-0.4, -0.2) is 13.7 Å². The van der Waals surface area contributed by atoms with E-state index in [4.69, 9.17) is 0 Å². The molecule has 19 aromatic carbocycles. The van der Waals surface area contributed by atoms with Gasteiger partial charge in [0.2, 0.25) is 0 Å². The van der Waals surface area contributed by atoms with Crippen LogP contribution in [0.4, 0.5) is 73.9 Å². The fourth-order valence-electron chi connectivity index (χ4n) is 19.6. The van der Waals surface area contributed by atoms with E-state index in [1.807, 2.05) is 0 Å². The van der Waals surface area contributed by atoms with E-state index < -0.39 is 0 Å².